The van der Waals surface area contributed by atoms with Crippen LogP contribution in [-0.2, 0) is 7.05 Å². The van der Waals surface area contributed by atoms with Gasteiger partial charge in [0.15, 0.2) is 0 Å². The van der Waals surface area contributed by atoms with Gasteiger partial charge in [-0.1, -0.05) is 19.8 Å². The normalized spacial score (nSPS) is 24.0. The van der Waals surface area contributed by atoms with Gasteiger partial charge < -0.3 is 5.32 Å². The third-order valence-electron chi connectivity index (χ3n) is 3.79. The largest absolute Gasteiger partial charge is 0.348 e. The number of aryl methyl sites for hydroxylation is 2. The summed E-state index contributed by atoms with van der Waals surface area (Å²) >= 11 is 3.44. The van der Waals surface area contributed by atoms with Crippen LogP contribution in [0.5, 0.6) is 0 Å². The number of amides is 1. The first kappa shape index (κ1) is 13.6. The number of carbonyl (C=O) groups is 1. The van der Waals surface area contributed by atoms with Crippen LogP contribution in [0.25, 0.3) is 0 Å². The SMILES string of the molecule is Cc1nn(C)c(C(=O)N[C@@H]2CCCC[C@@H]2C)c1Br. The molecule has 0 radical (unpaired) electrons. The van der Waals surface area contributed by atoms with Crippen molar-refractivity contribution in [3.8, 4) is 0 Å². The molecule has 5 heteroatoms. The van der Waals surface area contributed by atoms with Crippen molar-refractivity contribution in [3.63, 3.8) is 0 Å². The molecule has 4 nitrogen and oxygen atoms in total. The number of hydrogen-bond donors (Lipinski definition) is 1. The highest BCUT2D eigenvalue weighted by atomic mass is 79.9. The van der Waals surface area contributed by atoms with Gasteiger partial charge in [0.25, 0.3) is 5.91 Å². The first-order chi connectivity index (χ1) is 8.50. The third-order valence-corrected chi connectivity index (χ3v) is 4.74. The van der Waals surface area contributed by atoms with Gasteiger partial charge in [-0.25, -0.2) is 0 Å². The number of nitrogens with one attached hydrogen (secondary N) is 1. The van der Waals surface area contributed by atoms with Crippen LogP contribution in [0.3, 0.4) is 0 Å². The highest BCUT2D eigenvalue weighted by molar-refractivity contribution is 9.10. The summed E-state index contributed by atoms with van der Waals surface area (Å²) in [5, 5.41) is 7.40. The number of hydrogen-bond acceptors (Lipinski definition) is 2. The van der Waals surface area contributed by atoms with Gasteiger partial charge in [0.2, 0.25) is 0 Å². The monoisotopic (exact) mass is 313 g/mol. The van der Waals surface area contributed by atoms with Crippen molar-refractivity contribution < 1.29 is 4.79 Å². The zero-order chi connectivity index (χ0) is 13.3. The fourth-order valence-electron chi connectivity index (χ4n) is 2.65. The summed E-state index contributed by atoms with van der Waals surface area (Å²) in [6.07, 6.45) is 4.78. The minimum absolute atomic E-state index is 0.0243. The summed E-state index contributed by atoms with van der Waals surface area (Å²) in [6.45, 7) is 4.11. The average molecular weight is 314 g/mol. The van der Waals surface area contributed by atoms with E-state index in [2.05, 4.69) is 33.3 Å². The van der Waals surface area contributed by atoms with Gasteiger partial charge in [-0.3, -0.25) is 9.48 Å². The van der Waals surface area contributed by atoms with E-state index in [1.54, 1.807) is 11.7 Å². The minimum Gasteiger partial charge on any atom is -0.348 e. The van der Waals surface area contributed by atoms with Gasteiger partial charge in [-0.15, -0.1) is 0 Å². The summed E-state index contributed by atoms with van der Waals surface area (Å²) in [4.78, 5) is 12.3. The van der Waals surface area contributed by atoms with E-state index in [0.717, 1.165) is 16.6 Å². The molecule has 1 aromatic rings. The summed E-state index contributed by atoms with van der Waals surface area (Å²) < 4.78 is 2.44. The first-order valence-electron chi connectivity index (χ1n) is 6.50. The van der Waals surface area contributed by atoms with Gasteiger partial charge in [0, 0.05) is 13.1 Å². The standard InChI is InChI=1S/C13H20BrN3O/c1-8-6-4-5-7-10(8)15-13(18)12-11(14)9(2)16-17(12)3/h8,10H,4-7H2,1-3H3,(H,15,18)/t8-,10+/m0/s1. The Morgan fingerprint density at radius 3 is 2.67 bits per heavy atom. The zero-order valence-corrected chi connectivity index (χ0v) is 12.7. The van der Waals surface area contributed by atoms with Crippen molar-refractivity contribution >= 4 is 21.8 Å². The molecule has 1 aliphatic rings. The Balaban J connectivity index is 2.12. The van der Waals surface area contributed by atoms with E-state index in [1.165, 1.54) is 19.3 Å². The maximum Gasteiger partial charge on any atom is 0.270 e. The Kier molecular flexibility index (Phi) is 4.10. The van der Waals surface area contributed by atoms with E-state index in [-0.39, 0.29) is 5.91 Å². The minimum atomic E-state index is -0.0243. The van der Waals surface area contributed by atoms with Crippen LogP contribution in [0.4, 0.5) is 0 Å². The molecule has 1 aromatic heterocycles. The lowest BCUT2D eigenvalue weighted by atomic mass is 9.86. The van der Waals surface area contributed by atoms with E-state index >= 15 is 0 Å². The fourth-order valence-corrected chi connectivity index (χ4v) is 3.16. The highest BCUT2D eigenvalue weighted by Gasteiger charge is 2.26. The van der Waals surface area contributed by atoms with Crippen LogP contribution < -0.4 is 5.32 Å². The molecule has 1 aliphatic carbocycles. The van der Waals surface area contributed by atoms with Crippen molar-refractivity contribution in [2.24, 2.45) is 13.0 Å². The van der Waals surface area contributed by atoms with Crippen molar-refractivity contribution in [1.82, 2.24) is 15.1 Å². The Hall–Kier alpha value is -0.840. The Bertz CT molecular complexity index is 455. The third kappa shape index (κ3) is 2.60. The van der Waals surface area contributed by atoms with Crippen LogP contribution in [0.2, 0.25) is 0 Å². The van der Waals surface area contributed by atoms with Crippen molar-refractivity contribution in [2.75, 3.05) is 0 Å². The molecular weight excluding hydrogens is 294 g/mol. The lowest BCUT2D eigenvalue weighted by molar-refractivity contribution is 0.0900. The van der Waals surface area contributed by atoms with Gasteiger partial charge in [0.05, 0.1) is 10.2 Å². The Morgan fingerprint density at radius 1 is 1.44 bits per heavy atom. The van der Waals surface area contributed by atoms with E-state index in [0.29, 0.717) is 17.7 Å². The predicted molar refractivity (Wildman–Crippen MR) is 74.5 cm³/mol. The van der Waals surface area contributed by atoms with Crippen LogP contribution >= 0.6 is 15.9 Å². The molecule has 18 heavy (non-hydrogen) atoms. The maximum atomic E-state index is 12.3. The van der Waals surface area contributed by atoms with Crippen LogP contribution in [0, 0.1) is 12.8 Å². The van der Waals surface area contributed by atoms with Crippen molar-refractivity contribution in [3.05, 3.63) is 15.9 Å². The van der Waals surface area contributed by atoms with E-state index in [9.17, 15) is 4.79 Å². The number of aromatic nitrogens is 2. The van der Waals surface area contributed by atoms with E-state index < -0.39 is 0 Å². The van der Waals surface area contributed by atoms with Crippen LogP contribution in [0.1, 0.15) is 48.8 Å². The van der Waals surface area contributed by atoms with Crippen LogP contribution in [-0.4, -0.2) is 21.7 Å². The molecule has 0 bridgehead atoms. The van der Waals surface area contributed by atoms with Gasteiger partial charge in [-0.2, -0.15) is 5.10 Å². The second-order valence-electron chi connectivity index (χ2n) is 5.21. The van der Waals surface area contributed by atoms with Gasteiger partial charge in [0.1, 0.15) is 5.69 Å². The number of halogens is 1. The molecular formula is C13H20BrN3O. The molecule has 2 atom stereocenters. The molecule has 1 saturated carbocycles. The molecule has 1 heterocycles. The number of rotatable bonds is 2. The molecule has 0 spiro atoms. The predicted octanol–water partition coefficient (Wildman–Crippen LogP) is 2.80. The van der Waals surface area contributed by atoms with Crippen LogP contribution in [0.15, 0.2) is 4.47 Å². The number of carbonyl (C=O) groups excluding carboxylic acids is 1. The molecule has 0 unspecified atom stereocenters. The molecule has 1 N–H and O–H groups in total. The molecule has 0 aliphatic heterocycles. The lowest BCUT2D eigenvalue weighted by Crippen LogP contribution is -2.41. The molecule has 1 amide bonds. The van der Waals surface area contributed by atoms with Gasteiger partial charge in [-0.05, 0) is 41.6 Å². The molecule has 100 valence electrons. The second kappa shape index (κ2) is 5.43. The molecule has 0 saturated heterocycles. The average Bonchev–Trinajstić information content (AvgIpc) is 2.56. The summed E-state index contributed by atoms with van der Waals surface area (Å²) in [7, 11) is 1.80. The summed E-state index contributed by atoms with van der Waals surface area (Å²) in [5.74, 6) is 0.541. The van der Waals surface area contributed by atoms with E-state index in [4.69, 9.17) is 0 Å². The maximum absolute atomic E-state index is 12.3. The van der Waals surface area contributed by atoms with Crippen molar-refractivity contribution in [2.45, 2.75) is 45.6 Å². The summed E-state index contributed by atoms with van der Waals surface area (Å²) in [6, 6.07) is 0.299. The molecule has 2 rings (SSSR count). The molecule has 0 aromatic carbocycles. The second-order valence-corrected chi connectivity index (χ2v) is 6.01. The van der Waals surface area contributed by atoms with Gasteiger partial charge >= 0.3 is 0 Å². The topological polar surface area (TPSA) is 46.9 Å². The highest BCUT2D eigenvalue weighted by Crippen LogP contribution is 2.25. The lowest BCUT2D eigenvalue weighted by Gasteiger charge is -2.29. The first-order valence-corrected chi connectivity index (χ1v) is 7.30. The van der Waals surface area contributed by atoms with E-state index in [1.807, 2.05) is 6.92 Å². The fraction of sp³-hybridized carbons (Fsp3) is 0.692. The quantitative estimate of drug-likeness (QED) is 0.912. The number of nitrogens with zero attached hydrogens (tertiary/aromatic N) is 2. The Morgan fingerprint density at radius 2 is 2.11 bits per heavy atom. The summed E-state index contributed by atoms with van der Waals surface area (Å²) in [5.41, 5.74) is 1.46. The Labute approximate surface area is 116 Å². The smallest absolute Gasteiger partial charge is 0.270 e. The van der Waals surface area contributed by atoms with Crippen molar-refractivity contribution in [1.29, 1.82) is 0 Å². The molecule has 1 fully saturated rings. The zero-order valence-electron chi connectivity index (χ0n) is 11.2.